The molecule has 6 heteroatoms. The molecule has 3 rings (SSSR count). The van der Waals surface area contributed by atoms with Crippen molar-refractivity contribution in [2.45, 2.75) is 6.92 Å². The first kappa shape index (κ1) is 14.9. The quantitative estimate of drug-likeness (QED) is 0.801. The summed E-state index contributed by atoms with van der Waals surface area (Å²) >= 11 is 0. The number of hydrogen-bond donors (Lipinski definition) is 1. The van der Waals surface area contributed by atoms with Crippen LogP contribution in [0.4, 0.5) is 14.5 Å². The van der Waals surface area contributed by atoms with Gasteiger partial charge in [0.05, 0.1) is 5.69 Å². The summed E-state index contributed by atoms with van der Waals surface area (Å²) in [5.74, 6) is -1.19. The fraction of sp³-hybridized carbons (Fsp3) is 0.0588. The molecular weight excluding hydrogens is 300 g/mol. The van der Waals surface area contributed by atoms with Crippen LogP contribution in [-0.2, 0) is 0 Å². The summed E-state index contributed by atoms with van der Waals surface area (Å²) < 4.78 is 27.9. The number of benzene rings is 2. The van der Waals surface area contributed by atoms with Crippen LogP contribution in [0.15, 0.2) is 54.7 Å². The predicted molar refractivity (Wildman–Crippen MR) is 82.6 cm³/mol. The lowest BCUT2D eigenvalue weighted by atomic mass is 10.2. The molecule has 1 amide bonds. The van der Waals surface area contributed by atoms with Crippen LogP contribution in [0.1, 0.15) is 16.1 Å². The molecule has 0 fully saturated rings. The molecule has 0 aliphatic rings. The van der Waals surface area contributed by atoms with Crippen LogP contribution >= 0.6 is 0 Å². The van der Waals surface area contributed by atoms with Gasteiger partial charge in [-0.05, 0) is 55.0 Å². The Kier molecular flexibility index (Phi) is 3.89. The van der Waals surface area contributed by atoms with E-state index >= 15 is 0 Å². The van der Waals surface area contributed by atoms with E-state index in [0.29, 0.717) is 16.9 Å². The summed E-state index contributed by atoms with van der Waals surface area (Å²) in [6.45, 7) is 1.64. The fourth-order valence-electron chi connectivity index (χ4n) is 2.05. The molecule has 3 aromatic rings. The summed E-state index contributed by atoms with van der Waals surface area (Å²) in [5, 5.41) is 6.72. The Morgan fingerprint density at radius 3 is 2.52 bits per heavy atom. The number of rotatable bonds is 3. The molecule has 0 unspecified atom stereocenters. The van der Waals surface area contributed by atoms with Gasteiger partial charge in [0.15, 0.2) is 5.69 Å². The summed E-state index contributed by atoms with van der Waals surface area (Å²) in [4.78, 5) is 12.1. The van der Waals surface area contributed by atoms with E-state index in [-0.39, 0.29) is 17.3 Å². The average Bonchev–Trinajstić information content (AvgIpc) is 3.02. The maximum Gasteiger partial charge on any atom is 0.276 e. The minimum absolute atomic E-state index is 0.176. The third-order valence-corrected chi connectivity index (χ3v) is 3.34. The number of carbonyl (C=O) groups is 1. The zero-order chi connectivity index (χ0) is 16.4. The third kappa shape index (κ3) is 3.26. The van der Waals surface area contributed by atoms with E-state index < -0.39 is 5.91 Å². The monoisotopic (exact) mass is 313 g/mol. The van der Waals surface area contributed by atoms with E-state index in [1.807, 2.05) is 0 Å². The molecule has 0 aliphatic heterocycles. The third-order valence-electron chi connectivity index (χ3n) is 3.34. The largest absolute Gasteiger partial charge is 0.320 e. The van der Waals surface area contributed by atoms with Crippen molar-refractivity contribution < 1.29 is 13.6 Å². The van der Waals surface area contributed by atoms with Crippen LogP contribution in [0.2, 0.25) is 0 Å². The van der Waals surface area contributed by atoms with Crippen molar-refractivity contribution in [2.24, 2.45) is 0 Å². The van der Waals surface area contributed by atoms with E-state index in [0.717, 1.165) is 0 Å². The van der Waals surface area contributed by atoms with Gasteiger partial charge < -0.3 is 5.32 Å². The van der Waals surface area contributed by atoms with Crippen molar-refractivity contribution in [3.8, 4) is 5.69 Å². The Bertz CT molecular complexity index is 857. The topological polar surface area (TPSA) is 46.9 Å². The first-order chi connectivity index (χ1) is 11.0. The first-order valence-corrected chi connectivity index (χ1v) is 6.92. The van der Waals surface area contributed by atoms with Crippen LogP contribution < -0.4 is 5.32 Å². The van der Waals surface area contributed by atoms with Crippen molar-refractivity contribution in [3.63, 3.8) is 0 Å². The van der Waals surface area contributed by atoms with Gasteiger partial charge in [-0.3, -0.25) is 4.79 Å². The molecule has 1 N–H and O–H groups in total. The van der Waals surface area contributed by atoms with Crippen molar-refractivity contribution in [2.75, 3.05) is 5.32 Å². The number of nitrogens with zero attached hydrogens (tertiary/aromatic N) is 2. The molecule has 0 aliphatic carbocycles. The zero-order valence-electron chi connectivity index (χ0n) is 12.3. The van der Waals surface area contributed by atoms with Gasteiger partial charge in [0.25, 0.3) is 5.91 Å². The lowest BCUT2D eigenvalue weighted by Gasteiger charge is -2.05. The van der Waals surface area contributed by atoms with Gasteiger partial charge in [0.1, 0.15) is 11.6 Å². The number of halogens is 2. The zero-order valence-corrected chi connectivity index (χ0v) is 12.3. The van der Waals surface area contributed by atoms with E-state index in [4.69, 9.17) is 0 Å². The standard InChI is InChI=1S/C17H13F2N3O/c1-11-2-5-13(10-15(11)19)20-17(23)16-8-9-22(21-16)14-6-3-12(18)4-7-14/h2-10H,1H3,(H,20,23). The number of carbonyl (C=O) groups excluding carboxylic acids is 1. The Morgan fingerprint density at radius 2 is 1.83 bits per heavy atom. The van der Waals surface area contributed by atoms with Gasteiger partial charge in [-0.1, -0.05) is 6.07 Å². The molecule has 0 bridgehead atoms. The molecule has 0 spiro atoms. The minimum Gasteiger partial charge on any atom is -0.320 e. The highest BCUT2D eigenvalue weighted by Crippen LogP contribution is 2.15. The number of aromatic nitrogens is 2. The molecule has 1 aromatic heterocycles. The van der Waals surface area contributed by atoms with Gasteiger partial charge in [-0.2, -0.15) is 5.10 Å². The Morgan fingerprint density at radius 1 is 1.09 bits per heavy atom. The maximum absolute atomic E-state index is 13.5. The van der Waals surface area contributed by atoms with Crippen LogP contribution in [-0.4, -0.2) is 15.7 Å². The molecule has 0 saturated heterocycles. The minimum atomic E-state index is -0.450. The highest BCUT2D eigenvalue weighted by molar-refractivity contribution is 6.02. The van der Waals surface area contributed by atoms with Crippen LogP contribution in [0.5, 0.6) is 0 Å². The Balaban J connectivity index is 1.78. The molecule has 0 saturated carbocycles. The Labute approximate surface area is 131 Å². The summed E-state index contributed by atoms with van der Waals surface area (Å²) in [7, 11) is 0. The smallest absolute Gasteiger partial charge is 0.276 e. The van der Waals surface area contributed by atoms with Crippen LogP contribution in [0.3, 0.4) is 0 Å². The summed E-state index contributed by atoms with van der Waals surface area (Å²) in [6, 6.07) is 11.7. The lowest BCUT2D eigenvalue weighted by Crippen LogP contribution is -2.13. The molecule has 0 radical (unpaired) electrons. The normalized spacial score (nSPS) is 10.6. The number of anilines is 1. The highest BCUT2D eigenvalue weighted by atomic mass is 19.1. The van der Waals surface area contributed by atoms with E-state index in [1.165, 1.54) is 28.9 Å². The number of amides is 1. The van der Waals surface area contributed by atoms with Crippen molar-refractivity contribution in [3.05, 3.63) is 77.6 Å². The molecular formula is C17H13F2N3O. The van der Waals surface area contributed by atoms with Gasteiger partial charge >= 0.3 is 0 Å². The lowest BCUT2D eigenvalue weighted by molar-refractivity contribution is 0.102. The van der Waals surface area contributed by atoms with E-state index in [2.05, 4.69) is 10.4 Å². The van der Waals surface area contributed by atoms with Crippen LogP contribution in [0, 0.1) is 18.6 Å². The molecule has 0 atom stereocenters. The number of aryl methyl sites for hydroxylation is 1. The van der Waals surface area contributed by atoms with Crippen molar-refractivity contribution in [1.29, 1.82) is 0 Å². The maximum atomic E-state index is 13.5. The van der Waals surface area contributed by atoms with E-state index in [1.54, 1.807) is 37.4 Å². The van der Waals surface area contributed by atoms with E-state index in [9.17, 15) is 13.6 Å². The van der Waals surface area contributed by atoms with Crippen molar-refractivity contribution >= 4 is 11.6 Å². The molecule has 1 heterocycles. The second-order valence-corrected chi connectivity index (χ2v) is 5.04. The predicted octanol–water partition coefficient (Wildman–Crippen LogP) is 3.71. The molecule has 4 nitrogen and oxygen atoms in total. The first-order valence-electron chi connectivity index (χ1n) is 6.92. The summed E-state index contributed by atoms with van der Waals surface area (Å²) in [5.41, 5.74) is 1.67. The van der Waals surface area contributed by atoms with Gasteiger partial charge in [-0.15, -0.1) is 0 Å². The fourth-order valence-corrected chi connectivity index (χ4v) is 2.05. The molecule has 23 heavy (non-hydrogen) atoms. The van der Waals surface area contributed by atoms with Crippen LogP contribution in [0.25, 0.3) is 5.69 Å². The van der Waals surface area contributed by atoms with Gasteiger partial charge in [0, 0.05) is 11.9 Å². The van der Waals surface area contributed by atoms with Crippen molar-refractivity contribution in [1.82, 2.24) is 9.78 Å². The summed E-state index contributed by atoms with van der Waals surface area (Å²) in [6.07, 6.45) is 1.60. The second-order valence-electron chi connectivity index (χ2n) is 5.04. The molecule has 2 aromatic carbocycles. The van der Waals surface area contributed by atoms with Gasteiger partial charge in [0.2, 0.25) is 0 Å². The van der Waals surface area contributed by atoms with Gasteiger partial charge in [-0.25, -0.2) is 13.5 Å². The second kappa shape index (κ2) is 6.00. The number of nitrogens with one attached hydrogen (secondary N) is 1. The molecule has 116 valence electrons. The average molecular weight is 313 g/mol. The SMILES string of the molecule is Cc1ccc(NC(=O)c2ccn(-c3ccc(F)cc3)n2)cc1F. The highest BCUT2D eigenvalue weighted by Gasteiger charge is 2.11. The Hall–Kier alpha value is -3.02. The number of hydrogen-bond acceptors (Lipinski definition) is 2.